The molecule has 0 aliphatic rings. The van der Waals surface area contributed by atoms with Gasteiger partial charge in [-0.1, -0.05) is 98.9 Å². The van der Waals surface area contributed by atoms with Gasteiger partial charge in [0.15, 0.2) is 6.04 Å². The number of carboxylic acids is 1. The molecule has 0 saturated heterocycles. The van der Waals surface area contributed by atoms with Crippen LogP contribution in [0, 0.1) is 0 Å². The minimum Gasteiger partial charge on any atom is -0.480 e. The van der Waals surface area contributed by atoms with E-state index in [2.05, 4.69) is 82.0 Å². The van der Waals surface area contributed by atoms with Crippen LogP contribution in [0.3, 0.4) is 0 Å². The number of phosphoric ester groups is 1. The second-order valence-corrected chi connectivity index (χ2v) is 11.4. The highest BCUT2D eigenvalue weighted by Crippen LogP contribution is 2.43. The Balaban J connectivity index is 4.16. The topological polar surface area (TPSA) is 169 Å². The van der Waals surface area contributed by atoms with Crippen LogP contribution in [0.25, 0.3) is 0 Å². The van der Waals surface area contributed by atoms with Gasteiger partial charge in [0.1, 0.15) is 12.7 Å². The Kier molecular flexibility index (Phi) is 27.0. The second kappa shape index (κ2) is 29.1. The van der Waals surface area contributed by atoms with Crippen molar-refractivity contribution in [2.75, 3.05) is 19.8 Å². The normalized spacial score (nSPS) is 15.2. The lowest BCUT2D eigenvalue weighted by molar-refractivity contribution is -0.147. The maximum absolute atomic E-state index is 12.1. The van der Waals surface area contributed by atoms with E-state index in [1.165, 1.54) is 0 Å². The van der Waals surface area contributed by atoms with E-state index in [4.69, 9.17) is 4.74 Å². The summed E-state index contributed by atoms with van der Waals surface area (Å²) in [5, 5.41) is 21.2. The number of aliphatic hydroxyl groups excluding tert-OH is 1. The maximum Gasteiger partial charge on any atom is 0.472 e. The molecular formula is C34H52NO10P. The van der Waals surface area contributed by atoms with Crippen LogP contribution in [-0.2, 0) is 32.7 Å². The number of carbonyl (C=O) groups is 3. The molecule has 1 amide bonds. The van der Waals surface area contributed by atoms with Crippen molar-refractivity contribution >= 4 is 25.7 Å². The van der Waals surface area contributed by atoms with Crippen molar-refractivity contribution in [3.63, 3.8) is 0 Å². The van der Waals surface area contributed by atoms with Gasteiger partial charge in [-0.05, 0) is 51.4 Å². The van der Waals surface area contributed by atoms with E-state index in [1.54, 1.807) is 19.1 Å². The zero-order chi connectivity index (χ0) is 34.3. The van der Waals surface area contributed by atoms with Crippen molar-refractivity contribution in [1.82, 2.24) is 5.32 Å². The second-order valence-electron chi connectivity index (χ2n) is 9.93. The molecule has 0 aromatic heterocycles. The third kappa shape index (κ3) is 28.2. The predicted octanol–water partition coefficient (Wildman–Crippen LogP) is 6.43. The fourth-order valence-corrected chi connectivity index (χ4v) is 4.08. The van der Waals surface area contributed by atoms with Crippen LogP contribution in [0.4, 0.5) is 0 Å². The first-order chi connectivity index (χ1) is 22.1. The molecular weight excluding hydrogens is 613 g/mol. The summed E-state index contributed by atoms with van der Waals surface area (Å²) in [7, 11) is -4.75. The highest BCUT2D eigenvalue weighted by Gasteiger charge is 2.28. The molecule has 46 heavy (non-hydrogen) atoms. The summed E-state index contributed by atoms with van der Waals surface area (Å²) in [5.74, 6) is -2.63. The third-order valence-electron chi connectivity index (χ3n) is 5.70. The lowest BCUT2D eigenvalue weighted by Gasteiger charge is -2.18. The molecule has 0 rings (SSSR count). The largest absolute Gasteiger partial charge is 0.480 e. The fraction of sp³-hybridized carbons (Fsp3) is 0.500. The number of phosphoric acid groups is 1. The molecule has 258 valence electrons. The molecule has 0 spiro atoms. The molecule has 0 aromatic carbocycles. The van der Waals surface area contributed by atoms with Crippen molar-refractivity contribution in [2.45, 2.75) is 90.2 Å². The van der Waals surface area contributed by atoms with Crippen LogP contribution in [-0.4, -0.2) is 64.9 Å². The van der Waals surface area contributed by atoms with E-state index in [1.807, 2.05) is 12.2 Å². The van der Waals surface area contributed by atoms with Gasteiger partial charge in [-0.3, -0.25) is 18.6 Å². The van der Waals surface area contributed by atoms with Gasteiger partial charge in [0.05, 0.1) is 13.2 Å². The summed E-state index contributed by atoms with van der Waals surface area (Å²) < 4.78 is 26.0. The van der Waals surface area contributed by atoms with Crippen LogP contribution >= 0.6 is 7.82 Å². The number of carbonyl (C=O) groups excluding carboxylic acids is 2. The number of hydrogen-bond acceptors (Lipinski definition) is 8. The molecule has 0 aromatic rings. The molecule has 4 N–H and O–H groups in total. The van der Waals surface area contributed by atoms with Crippen LogP contribution in [0.5, 0.6) is 0 Å². The number of aliphatic hydroxyl groups is 1. The van der Waals surface area contributed by atoms with Crippen molar-refractivity contribution in [3.8, 4) is 0 Å². The molecule has 0 aliphatic heterocycles. The van der Waals surface area contributed by atoms with E-state index < -0.39 is 57.6 Å². The van der Waals surface area contributed by atoms with Gasteiger partial charge in [0, 0.05) is 12.8 Å². The third-order valence-corrected chi connectivity index (χ3v) is 6.65. The average Bonchev–Trinajstić information content (AvgIpc) is 3.01. The van der Waals surface area contributed by atoms with E-state index in [0.29, 0.717) is 12.8 Å². The molecule has 3 atom stereocenters. The summed E-state index contributed by atoms with van der Waals surface area (Å²) >= 11 is 0. The first-order valence-corrected chi connectivity index (χ1v) is 17.1. The van der Waals surface area contributed by atoms with Gasteiger partial charge >= 0.3 is 19.8 Å². The number of hydrogen-bond donors (Lipinski definition) is 4. The van der Waals surface area contributed by atoms with E-state index in [9.17, 15) is 34.1 Å². The Labute approximate surface area is 273 Å². The van der Waals surface area contributed by atoms with E-state index >= 15 is 0 Å². The van der Waals surface area contributed by atoms with Crippen molar-refractivity contribution in [3.05, 3.63) is 85.1 Å². The monoisotopic (exact) mass is 665 g/mol. The van der Waals surface area contributed by atoms with Gasteiger partial charge in [0.25, 0.3) is 0 Å². The summed E-state index contributed by atoms with van der Waals surface area (Å²) in [6.07, 6.45) is 34.2. The van der Waals surface area contributed by atoms with Gasteiger partial charge in [-0.25, -0.2) is 9.36 Å². The maximum atomic E-state index is 12.1. The Hall–Kier alpha value is -3.34. The molecule has 0 aliphatic carbocycles. The molecule has 12 heteroatoms. The Morgan fingerprint density at radius 1 is 0.696 bits per heavy atom. The molecule has 0 bridgehead atoms. The first kappa shape index (κ1) is 42.7. The summed E-state index contributed by atoms with van der Waals surface area (Å²) in [5.41, 5.74) is 0. The molecule has 0 fully saturated rings. The number of aliphatic carboxylic acids is 1. The van der Waals surface area contributed by atoms with Crippen LogP contribution in [0.2, 0.25) is 0 Å². The fourth-order valence-electron chi connectivity index (χ4n) is 3.31. The average molecular weight is 666 g/mol. The zero-order valence-corrected chi connectivity index (χ0v) is 28.0. The Morgan fingerprint density at radius 3 is 1.57 bits per heavy atom. The highest BCUT2D eigenvalue weighted by molar-refractivity contribution is 7.47. The number of amides is 1. The quantitative estimate of drug-likeness (QED) is 0.0436. The van der Waals surface area contributed by atoms with Crippen molar-refractivity contribution in [1.29, 1.82) is 0 Å². The van der Waals surface area contributed by atoms with Gasteiger partial charge in [-0.2, -0.15) is 0 Å². The number of ether oxygens (including phenoxy) is 1. The Bertz CT molecular complexity index is 1110. The van der Waals surface area contributed by atoms with E-state index in [0.717, 1.165) is 38.5 Å². The first-order valence-electron chi connectivity index (χ1n) is 15.6. The van der Waals surface area contributed by atoms with Gasteiger partial charge in [0.2, 0.25) is 5.91 Å². The molecule has 11 nitrogen and oxygen atoms in total. The smallest absolute Gasteiger partial charge is 0.472 e. The predicted molar refractivity (Wildman–Crippen MR) is 180 cm³/mol. The van der Waals surface area contributed by atoms with Crippen LogP contribution in [0.15, 0.2) is 85.1 Å². The number of nitrogens with one attached hydrogen (secondary N) is 1. The zero-order valence-electron chi connectivity index (χ0n) is 27.1. The lowest BCUT2D eigenvalue weighted by atomic mass is 10.2. The minimum absolute atomic E-state index is 0.0946. The number of carboxylic acid groups (broad SMARTS) is 1. The van der Waals surface area contributed by atoms with Crippen molar-refractivity contribution < 1.29 is 47.8 Å². The van der Waals surface area contributed by atoms with Crippen molar-refractivity contribution in [2.24, 2.45) is 0 Å². The minimum atomic E-state index is -4.75. The molecule has 0 radical (unpaired) electrons. The van der Waals surface area contributed by atoms with Crippen LogP contribution in [0.1, 0.15) is 78.1 Å². The SMILES string of the molecule is CC/C=C\C/C=C\C/C=C\C/C=C\C/C=C\C/C=C\C/C=C\CC(=O)NC(COP(=O)(O)OCC(O)COC(=O)CCC)C(=O)O. The highest BCUT2D eigenvalue weighted by atomic mass is 31.2. The lowest BCUT2D eigenvalue weighted by Crippen LogP contribution is -2.43. The van der Waals surface area contributed by atoms with Gasteiger partial charge < -0.3 is 25.2 Å². The van der Waals surface area contributed by atoms with E-state index in [-0.39, 0.29) is 12.8 Å². The summed E-state index contributed by atoms with van der Waals surface area (Å²) in [4.78, 5) is 44.6. The van der Waals surface area contributed by atoms with Crippen LogP contribution < -0.4 is 5.32 Å². The molecule has 0 heterocycles. The molecule has 3 unspecified atom stereocenters. The number of rotatable bonds is 27. The molecule has 0 saturated carbocycles. The number of esters is 1. The summed E-state index contributed by atoms with van der Waals surface area (Å²) in [6.45, 7) is 1.92. The standard InChI is InChI=1S/C34H52NO10P/c1-3-5-6-7-8-9-10-11-12-13-14-15-16-17-18-19-20-21-22-23-24-26-32(37)35-31(34(39)40)29-45-46(41,42)44-28-30(36)27-43-33(38)25-4-2/h5-6,8-9,11-12,14-15,17-18,20-21,23-24,30-31,36H,3-4,7,10,13,16,19,22,25-29H2,1-2H3,(H,35,37)(H,39,40)(H,41,42)/b6-5-,9-8-,12-11-,15-14-,18-17-,21-20-,24-23-. The number of allylic oxidation sites excluding steroid dienone is 13. The van der Waals surface area contributed by atoms with Gasteiger partial charge in [-0.15, -0.1) is 0 Å². The Morgan fingerprint density at radius 2 is 1.13 bits per heavy atom. The summed E-state index contributed by atoms with van der Waals surface area (Å²) in [6, 6.07) is -1.60.